The number of carbonyl (C=O) groups excluding carboxylic acids is 1. The van der Waals surface area contributed by atoms with Crippen molar-refractivity contribution in [2.45, 2.75) is 58.5 Å². The van der Waals surface area contributed by atoms with Crippen LogP contribution >= 0.6 is 0 Å². The molecule has 1 aliphatic heterocycles. The molecule has 2 aromatic carbocycles. The molecule has 0 N–H and O–H groups in total. The topological polar surface area (TPSA) is 29.5 Å². The molecule has 2 aromatic rings. The quantitative estimate of drug-likeness (QED) is 0.716. The van der Waals surface area contributed by atoms with Crippen molar-refractivity contribution in [2.75, 3.05) is 11.4 Å². The Bertz CT molecular complexity index is 792. The monoisotopic (exact) mass is 351 g/mol. The second kappa shape index (κ2) is 6.79. The highest BCUT2D eigenvalue weighted by atomic mass is 16.6. The van der Waals surface area contributed by atoms with Gasteiger partial charge in [-0.3, -0.25) is 4.90 Å². The van der Waals surface area contributed by atoms with Gasteiger partial charge in [0.25, 0.3) is 0 Å². The molecule has 0 radical (unpaired) electrons. The van der Waals surface area contributed by atoms with Crippen molar-refractivity contribution in [1.29, 1.82) is 0 Å². The lowest BCUT2D eigenvalue weighted by atomic mass is 9.79. The van der Waals surface area contributed by atoms with E-state index in [1.807, 2.05) is 31.7 Å². The van der Waals surface area contributed by atoms with Crippen LogP contribution in [0.15, 0.2) is 48.5 Å². The maximum atomic E-state index is 12.8. The van der Waals surface area contributed by atoms with Crippen molar-refractivity contribution >= 4 is 11.8 Å². The number of hydrogen-bond donors (Lipinski definition) is 0. The Hall–Kier alpha value is -2.29. The van der Waals surface area contributed by atoms with Crippen molar-refractivity contribution in [1.82, 2.24) is 0 Å². The zero-order valence-electron chi connectivity index (χ0n) is 16.5. The smallest absolute Gasteiger partial charge is 0.414 e. The van der Waals surface area contributed by atoms with Crippen LogP contribution in [-0.2, 0) is 16.6 Å². The fourth-order valence-electron chi connectivity index (χ4n) is 3.65. The fourth-order valence-corrected chi connectivity index (χ4v) is 3.65. The van der Waals surface area contributed by atoms with Crippen LogP contribution < -0.4 is 4.90 Å². The van der Waals surface area contributed by atoms with Crippen molar-refractivity contribution < 1.29 is 9.53 Å². The Morgan fingerprint density at radius 3 is 2.50 bits per heavy atom. The molecule has 1 unspecified atom stereocenters. The molecule has 138 valence electrons. The van der Waals surface area contributed by atoms with Gasteiger partial charge in [-0.1, -0.05) is 55.0 Å². The molecule has 1 heterocycles. The van der Waals surface area contributed by atoms with Crippen LogP contribution in [0.4, 0.5) is 10.5 Å². The Morgan fingerprint density at radius 1 is 1.15 bits per heavy atom. The second-order valence-electron chi connectivity index (χ2n) is 8.63. The third kappa shape index (κ3) is 3.92. The number of hydrogen-bond acceptors (Lipinski definition) is 2. The van der Waals surface area contributed by atoms with E-state index in [1.165, 1.54) is 16.7 Å². The lowest BCUT2D eigenvalue weighted by Gasteiger charge is -2.28. The van der Waals surface area contributed by atoms with Crippen LogP contribution in [0, 0.1) is 6.92 Å². The van der Waals surface area contributed by atoms with Crippen LogP contribution in [0.1, 0.15) is 50.8 Å². The Kier molecular flexibility index (Phi) is 4.83. The van der Waals surface area contributed by atoms with Gasteiger partial charge in [0.2, 0.25) is 0 Å². The summed E-state index contributed by atoms with van der Waals surface area (Å²) in [7, 11) is 0. The van der Waals surface area contributed by atoms with Crippen molar-refractivity contribution in [3.05, 3.63) is 65.2 Å². The molecule has 0 aromatic heterocycles. The molecule has 0 saturated carbocycles. The number of fused-ring (bicyclic) bond motifs is 1. The summed E-state index contributed by atoms with van der Waals surface area (Å²) < 4.78 is 5.65. The standard InChI is InChI=1S/C23H29NO2/c1-17-11-12-20-19(15-17)23(5,14-13-18-9-7-6-8-10-18)16-24(20)21(25)26-22(2,3)4/h6-12,15H,13-14,16H2,1-5H3. The first-order chi connectivity index (χ1) is 12.2. The Labute approximate surface area is 157 Å². The van der Waals surface area contributed by atoms with Gasteiger partial charge in [0.15, 0.2) is 0 Å². The van der Waals surface area contributed by atoms with Gasteiger partial charge in [-0.2, -0.15) is 0 Å². The van der Waals surface area contributed by atoms with Crippen LogP contribution in [0.2, 0.25) is 0 Å². The molecule has 0 spiro atoms. The first kappa shape index (κ1) is 18.5. The van der Waals surface area contributed by atoms with Gasteiger partial charge in [-0.05, 0) is 57.7 Å². The van der Waals surface area contributed by atoms with Gasteiger partial charge in [-0.25, -0.2) is 4.79 Å². The zero-order chi connectivity index (χ0) is 18.9. The fraction of sp³-hybridized carbons (Fsp3) is 0.435. The third-order valence-electron chi connectivity index (χ3n) is 5.02. The minimum Gasteiger partial charge on any atom is -0.443 e. The first-order valence-corrected chi connectivity index (χ1v) is 9.34. The molecule has 3 nitrogen and oxygen atoms in total. The summed E-state index contributed by atoms with van der Waals surface area (Å²) in [6.45, 7) is 10.8. The van der Waals surface area contributed by atoms with E-state index in [1.54, 1.807) is 0 Å². The van der Waals surface area contributed by atoms with E-state index in [9.17, 15) is 4.79 Å². The third-order valence-corrected chi connectivity index (χ3v) is 5.02. The van der Waals surface area contributed by atoms with Crippen LogP contribution in [0.25, 0.3) is 0 Å². The molecule has 0 aliphatic carbocycles. The number of rotatable bonds is 3. The predicted octanol–water partition coefficient (Wildman–Crippen LogP) is 5.64. The number of aryl methyl sites for hydroxylation is 2. The predicted molar refractivity (Wildman–Crippen MR) is 107 cm³/mol. The van der Waals surface area contributed by atoms with Crippen LogP contribution in [-0.4, -0.2) is 18.2 Å². The number of nitrogens with zero attached hydrogens (tertiary/aromatic N) is 1. The molecular formula is C23H29NO2. The lowest BCUT2D eigenvalue weighted by Crippen LogP contribution is -2.39. The van der Waals surface area contributed by atoms with E-state index in [0.717, 1.165) is 18.5 Å². The van der Waals surface area contributed by atoms with Gasteiger partial charge in [0, 0.05) is 12.0 Å². The van der Waals surface area contributed by atoms with Gasteiger partial charge in [0.05, 0.1) is 5.69 Å². The summed E-state index contributed by atoms with van der Waals surface area (Å²) in [5, 5.41) is 0. The Balaban J connectivity index is 1.88. The van der Waals surface area contributed by atoms with Gasteiger partial charge < -0.3 is 4.74 Å². The summed E-state index contributed by atoms with van der Waals surface area (Å²) in [5.41, 5.74) is 4.22. The Morgan fingerprint density at radius 2 is 1.85 bits per heavy atom. The molecule has 1 atom stereocenters. The normalized spacial score (nSPS) is 19.3. The summed E-state index contributed by atoms with van der Waals surface area (Å²) in [4.78, 5) is 14.6. The summed E-state index contributed by atoms with van der Waals surface area (Å²) in [5.74, 6) is 0. The largest absolute Gasteiger partial charge is 0.443 e. The van der Waals surface area contributed by atoms with Crippen molar-refractivity contribution in [3.63, 3.8) is 0 Å². The highest BCUT2D eigenvalue weighted by Gasteiger charge is 2.42. The molecule has 1 amide bonds. The summed E-state index contributed by atoms with van der Waals surface area (Å²) in [6.07, 6.45) is 1.73. The number of anilines is 1. The molecular weight excluding hydrogens is 322 g/mol. The maximum Gasteiger partial charge on any atom is 0.414 e. The van der Waals surface area contributed by atoms with E-state index in [4.69, 9.17) is 4.74 Å². The highest BCUT2D eigenvalue weighted by Crippen LogP contribution is 2.44. The number of benzene rings is 2. The van der Waals surface area contributed by atoms with E-state index >= 15 is 0 Å². The minimum absolute atomic E-state index is 0.0753. The van der Waals surface area contributed by atoms with E-state index in [2.05, 4.69) is 56.3 Å². The molecule has 26 heavy (non-hydrogen) atoms. The van der Waals surface area contributed by atoms with E-state index in [0.29, 0.717) is 6.54 Å². The SMILES string of the molecule is Cc1ccc2c(c1)C(C)(CCc1ccccc1)CN2C(=O)OC(C)(C)C. The van der Waals surface area contributed by atoms with Crippen LogP contribution in [0.3, 0.4) is 0 Å². The maximum absolute atomic E-state index is 12.8. The number of amides is 1. The molecule has 3 heteroatoms. The van der Waals surface area contributed by atoms with Crippen LogP contribution in [0.5, 0.6) is 0 Å². The highest BCUT2D eigenvalue weighted by molar-refractivity contribution is 5.91. The molecule has 3 rings (SSSR count). The lowest BCUT2D eigenvalue weighted by molar-refractivity contribution is 0.0578. The molecule has 0 fully saturated rings. The van der Waals surface area contributed by atoms with Gasteiger partial charge in [0.1, 0.15) is 5.60 Å². The summed E-state index contributed by atoms with van der Waals surface area (Å²) >= 11 is 0. The average Bonchev–Trinajstić information content (AvgIpc) is 2.86. The van der Waals surface area contributed by atoms with Crippen molar-refractivity contribution in [3.8, 4) is 0 Å². The zero-order valence-corrected chi connectivity index (χ0v) is 16.5. The van der Waals surface area contributed by atoms with Gasteiger partial charge >= 0.3 is 6.09 Å². The molecule has 1 aliphatic rings. The first-order valence-electron chi connectivity index (χ1n) is 9.34. The molecule has 0 saturated heterocycles. The second-order valence-corrected chi connectivity index (χ2v) is 8.63. The number of carbonyl (C=O) groups is 1. The van der Waals surface area contributed by atoms with Gasteiger partial charge in [-0.15, -0.1) is 0 Å². The van der Waals surface area contributed by atoms with Crippen molar-refractivity contribution in [2.24, 2.45) is 0 Å². The number of ether oxygens (including phenoxy) is 1. The van der Waals surface area contributed by atoms with E-state index < -0.39 is 5.60 Å². The average molecular weight is 351 g/mol. The van der Waals surface area contributed by atoms with E-state index in [-0.39, 0.29) is 11.5 Å². The minimum atomic E-state index is -0.495. The molecule has 0 bridgehead atoms. The summed E-state index contributed by atoms with van der Waals surface area (Å²) in [6, 6.07) is 16.9.